The van der Waals surface area contributed by atoms with Crippen molar-refractivity contribution in [2.24, 2.45) is 0 Å². The maximum Gasteiger partial charge on any atom is 0.331 e. The van der Waals surface area contributed by atoms with Crippen molar-refractivity contribution in [2.75, 3.05) is 7.11 Å². The van der Waals surface area contributed by atoms with E-state index in [1.54, 1.807) is 24.6 Å². The van der Waals surface area contributed by atoms with Gasteiger partial charge in [0.1, 0.15) is 0 Å². The summed E-state index contributed by atoms with van der Waals surface area (Å²) in [6.07, 6.45) is 2.70. The SMILES string of the molecule is COC1CCC(NC(=O)NC(C(=O)O)c2cccs2)C1. The van der Waals surface area contributed by atoms with Gasteiger partial charge in [0.15, 0.2) is 6.04 Å². The molecule has 0 spiro atoms. The van der Waals surface area contributed by atoms with Crippen LogP contribution in [0.3, 0.4) is 0 Å². The standard InChI is InChI=1S/C13H18N2O4S/c1-19-9-5-4-8(7-9)14-13(18)15-11(12(16)17)10-3-2-6-20-10/h2-3,6,8-9,11H,4-5,7H2,1H3,(H,16,17)(H2,14,15,18). The predicted molar refractivity (Wildman–Crippen MR) is 74.8 cm³/mol. The molecule has 1 aromatic rings. The van der Waals surface area contributed by atoms with Crippen LogP contribution in [-0.2, 0) is 9.53 Å². The van der Waals surface area contributed by atoms with Gasteiger partial charge in [-0.05, 0) is 30.7 Å². The van der Waals surface area contributed by atoms with Crippen molar-refractivity contribution in [1.29, 1.82) is 0 Å². The molecule has 1 heterocycles. The van der Waals surface area contributed by atoms with Gasteiger partial charge in [0.05, 0.1) is 6.10 Å². The maximum absolute atomic E-state index is 11.9. The Morgan fingerprint density at radius 1 is 1.50 bits per heavy atom. The molecule has 110 valence electrons. The van der Waals surface area contributed by atoms with E-state index in [-0.39, 0.29) is 12.1 Å². The quantitative estimate of drug-likeness (QED) is 0.772. The number of ether oxygens (including phenoxy) is 1. The topological polar surface area (TPSA) is 87.7 Å². The molecule has 3 atom stereocenters. The lowest BCUT2D eigenvalue weighted by Gasteiger charge is -2.17. The van der Waals surface area contributed by atoms with Crippen molar-refractivity contribution >= 4 is 23.3 Å². The number of hydrogen-bond acceptors (Lipinski definition) is 4. The van der Waals surface area contributed by atoms with E-state index in [4.69, 9.17) is 4.74 Å². The molecule has 1 aliphatic rings. The van der Waals surface area contributed by atoms with Crippen LogP contribution in [0.5, 0.6) is 0 Å². The number of aliphatic carboxylic acids is 1. The fraction of sp³-hybridized carbons (Fsp3) is 0.538. The van der Waals surface area contributed by atoms with Crippen molar-refractivity contribution in [3.05, 3.63) is 22.4 Å². The van der Waals surface area contributed by atoms with Gasteiger partial charge in [0.25, 0.3) is 0 Å². The molecule has 0 aromatic carbocycles. The summed E-state index contributed by atoms with van der Waals surface area (Å²) in [4.78, 5) is 23.7. The number of nitrogens with one attached hydrogen (secondary N) is 2. The number of carboxylic acids is 1. The lowest BCUT2D eigenvalue weighted by atomic mass is 10.2. The lowest BCUT2D eigenvalue weighted by Crippen LogP contribution is -2.44. The highest BCUT2D eigenvalue weighted by Crippen LogP contribution is 2.22. The van der Waals surface area contributed by atoms with Crippen molar-refractivity contribution in [2.45, 2.75) is 37.5 Å². The van der Waals surface area contributed by atoms with Crippen molar-refractivity contribution in [1.82, 2.24) is 10.6 Å². The molecular formula is C13H18N2O4S. The van der Waals surface area contributed by atoms with E-state index in [0.717, 1.165) is 19.3 Å². The van der Waals surface area contributed by atoms with Gasteiger partial charge in [-0.1, -0.05) is 6.07 Å². The first-order chi connectivity index (χ1) is 9.60. The largest absolute Gasteiger partial charge is 0.479 e. The minimum atomic E-state index is -1.07. The van der Waals surface area contributed by atoms with E-state index in [2.05, 4.69) is 10.6 Å². The molecule has 3 unspecified atom stereocenters. The molecule has 0 radical (unpaired) electrons. The molecule has 2 amide bonds. The highest BCUT2D eigenvalue weighted by molar-refractivity contribution is 7.10. The summed E-state index contributed by atoms with van der Waals surface area (Å²) in [6, 6.07) is 2.04. The highest BCUT2D eigenvalue weighted by Gasteiger charge is 2.28. The molecule has 0 saturated heterocycles. The first-order valence-corrected chi connectivity index (χ1v) is 7.34. The molecule has 1 saturated carbocycles. The Labute approximate surface area is 121 Å². The Balaban J connectivity index is 1.88. The van der Waals surface area contributed by atoms with Gasteiger partial charge in [-0.15, -0.1) is 11.3 Å². The number of hydrogen-bond donors (Lipinski definition) is 3. The molecule has 7 heteroatoms. The maximum atomic E-state index is 11.9. The smallest absolute Gasteiger partial charge is 0.331 e. The van der Waals surface area contributed by atoms with E-state index in [0.29, 0.717) is 4.88 Å². The summed E-state index contributed by atoms with van der Waals surface area (Å²) in [7, 11) is 1.66. The van der Waals surface area contributed by atoms with Crippen LogP contribution in [0.2, 0.25) is 0 Å². The average Bonchev–Trinajstić information content (AvgIpc) is 3.06. The van der Waals surface area contributed by atoms with Gasteiger partial charge < -0.3 is 20.5 Å². The number of rotatable bonds is 5. The van der Waals surface area contributed by atoms with Gasteiger partial charge in [0, 0.05) is 18.0 Å². The number of carbonyl (C=O) groups excluding carboxylic acids is 1. The van der Waals surface area contributed by atoms with E-state index in [1.807, 2.05) is 0 Å². The molecule has 0 bridgehead atoms. The number of methoxy groups -OCH3 is 1. The van der Waals surface area contributed by atoms with Crippen LogP contribution in [-0.4, -0.2) is 36.4 Å². The number of carboxylic acid groups (broad SMARTS) is 1. The van der Waals surface area contributed by atoms with E-state index < -0.39 is 18.0 Å². The van der Waals surface area contributed by atoms with Crippen molar-refractivity contribution in [3.8, 4) is 0 Å². The van der Waals surface area contributed by atoms with Crippen molar-refractivity contribution < 1.29 is 19.4 Å². The Hall–Kier alpha value is -1.60. The third kappa shape index (κ3) is 3.71. The van der Waals surface area contributed by atoms with Gasteiger partial charge >= 0.3 is 12.0 Å². The van der Waals surface area contributed by atoms with Gasteiger partial charge in [-0.25, -0.2) is 9.59 Å². The average molecular weight is 298 g/mol. The van der Waals surface area contributed by atoms with Crippen LogP contribution < -0.4 is 10.6 Å². The Bertz CT molecular complexity index is 463. The molecule has 20 heavy (non-hydrogen) atoms. The number of thiophene rings is 1. The second kappa shape index (κ2) is 6.71. The first-order valence-electron chi connectivity index (χ1n) is 6.46. The number of carbonyl (C=O) groups is 2. The minimum absolute atomic E-state index is 0.0396. The van der Waals surface area contributed by atoms with E-state index in [1.165, 1.54) is 11.3 Å². The van der Waals surface area contributed by atoms with Gasteiger partial charge in [0.2, 0.25) is 0 Å². The third-order valence-corrected chi connectivity index (χ3v) is 4.34. The lowest BCUT2D eigenvalue weighted by molar-refractivity contribution is -0.139. The zero-order chi connectivity index (χ0) is 14.5. The zero-order valence-corrected chi connectivity index (χ0v) is 12.0. The van der Waals surface area contributed by atoms with Gasteiger partial charge in [-0.3, -0.25) is 0 Å². The summed E-state index contributed by atoms with van der Waals surface area (Å²) in [5.41, 5.74) is 0. The highest BCUT2D eigenvalue weighted by atomic mass is 32.1. The number of amides is 2. The van der Waals surface area contributed by atoms with Gasteiger partial charge in [-0.2, -0.15) is 0 Å². The molecular weight excluding hydrogens is 280 g/mol. The van der Waals surface area contributed by atoms with Crippen LogP contribution in [0.1, 0.15) is 30.2 Å². The molecule has 6 nitrogen and oxygen atoms in total. The fourth-order valence-corrected chi connectivity index (χ4v) is 3.12. The molecule has 0 aliphatic heterocycles. The Kier molecular flexibility index (Phi) is 4.97. The van der Waals surface area contributed by atoms with Crippen molar-refractivity contribution in [3.63, 3.8) is 0 Å². The summed E-state index contributed by atoms with van der Waals surface area (Å²) in [6.45, 7) is 0. The Morgan fingerprint density at radius 3 is 2.85 bits per heavy atom. The van der Waals surface area contributed by atoms with Crippen LogP contribution in [0.25, 0.3) is 0 Å². The minimum Gasteiger partial charge on any atom is -0.479 e. The second-order valence-electron chi connectivity index (χ2n) is 4.77. The summed E-state index contributed by atoms with van der Waals surface area (Å²) in [5.74, 6) is -1.07. The molecule has 1 aliphatic carbocycles. The van der Waals surface area contributed by atoms with E-state index >= 15 is 0 Å². The molecule has 2 rings (SSSR count). The Morgan fingerprint density at radius 2 is 2.30 bits per heavy atom. The number of urea groups is 1. The zero-order valence-electron chi connectivity index (χ0n) is 11.2. The van der Waals surface area contributed by atoms with E-state index in [9.17, 15) is 14.7 Å². The van der Waals surface area contributed by atoms with Crippen LogP contribution >= 0.6 is 11.3 Å². The molecule has 3 N–H and O–H groups in total. The fourth-order valence-electron chi connectivity index (χ4n) is 2.35. The summed E-state index contributed by atoms with van der Waals surface area (Å²) < 4.78 is 5.24. The predicted octanol–water partition coefficient (Wildman–Crippen LogP) is 1.74. The second-order valence-corrected chi connectivity index (χ2v) is 5.75. The van der Waals surface area contributed by atoms with Crippen LogP contribution in [0.4, 0.5) is 4.79 Å². The first kappa shape index (κ1) is 14.8. The summed E-state index contributed by atoms with van der Waals surface area (Å²) >= 11 is 1.30. The molecule has 1 aromatic heterocycles. The third-order valence-electron chi connectivity index (χ3n) is 3.40. The molecule has 1 fully saturated rings. The summed E-state index contributed by atoms with van der Waals surface area (Å²) in [5, 5.41) is 16.3. The van der Waals surface area contributed by atoms with Crippen LogP contribution in [0.15, 0.2) is 17.5 Å². The van der Waals surface area contributed by atoms with Crippen LogP contribution in [0, 0.1) is 0 Å². The normalized spacial score (nSPS) is 23.2. The monoisotopic (exact) mass is 298 g/mol.